The lowest BCUT2D eigenvalue weighted by Gasteiger charge is -2.27. The SMILES string of the molecule is O=C1CCC(N2C(=O)c3ccc(OCCOCCOCC(=O)Nc4ccc(NC(=O)Nc5ccc6cc[nH]c6c5)cc4)cc3C2=O)C(=O)N1. The third-order valence-electron chi connectivity index (χ3n) is 7.75. The molecule has 4 aromatic rings. The van der Waals surface area contributed by atoms with E-state index in [1.54, 1.807) is 30.3 Å². The minimum Gasteiger partial charge on any atom is -0.491 e. The fourth-order valence-corrected chi connectivity index (χ4v) is 5.40. The Balaban J connectivity index is 0.843. The van der Waals surface area contributed by atoms with Crippen LogP contribution in [0.4, 0.5) is 21.9 Å². The van der Waals surface area contributed by atoms with E-state index >= 15 is 0 Å². The predicted molar refractivity (Wildman–Crippen MR) is 176 cm³/mol. The summed E-state index contributed by atoms with van der Waals surface area (Å²) >= 11 is 0. The van der Waals surface area contributed by atoms with E-state index in [2.05, 4.69) is 26.3 Å². The maximum absolute atomic E-state index is 12.9. The molecule has 3 aromatic carbocycles. The second kappa shape index (κ2) is 14.8. The standard InChI is InChI=1S/C34H32N6O9/c41-29-10-9-28(31(43)39-29)40-32(44)25-8-7-24(18-26(25)33(40)45)49-16-15-47-13-14-48-19-30(42)36-21-3-5-22(6-4-21)37-34(46)38-23-2-1-20-11-12-35-27(20)17-23/h1-8,11-12,17-18,28,35H,9-10,13-16,19H2,(H,36,42)(H2,37,38,46)(H,39,41,43). The topological polar surface area (TPSA) is 197 Å². The number of rotatable bonds is 13. The van der Waals surface area contributed by atoms with Gasteiger partial charge >= 0.3 is 6.03 Å². The molecule has 1 fully saturated rings. The number of anilines is 3. The van der Waals surface area contributed by atoms with Crippen molar-refractivity contribution in [3.05, 3.63) is 84.1 Å². The Morgan fingerprint density at radius 1 is 0.755 bits per heavy atom. The molecule has 1 unspecified atom stereocenters. The molecule has 15 heteroatoms. The van der Waals surface area contributed by atoms with E-state index in [0.29, 0.717) is 22.8 Å². The summed E-state index contributed by atoms with van der Waals surface area (Å²) < 4.78 is 16.5. The molecule has 3 heterocycles. The maximum atomic E-state index is 12.9. The summed E-state index contributed by atoms with van der Waals surface area (Å²) in [6, 6.07) is 17.2. The fraction of sp³-hybridized carbons (Fsp3) is 0.235. The van der Waals surface area contributed by atoms with Gasteiger partial charge in [-0.05, 0) is 72.5 Å². The van der Waals surface area contributed by atoms with E-state index in [9.17, 15) is 28.8 Å². The predicted octanol–water partition coefficient (Wildman–Crippen LogP) is 3.26. The first-order chi connectivity index (χ1) is 23.7. The smallest absolute Gasteiger partial charge is 0.323 e. The highest BCUT2D eigenvalue weighted by molar-refractivity contribution is 6.23. The van der Waals surface area contributed by atoms with Crippen LogP contribution in [-0.2, 0) is 23.9 Å². The number of H-pyrrole nitrogens is 1. The zero-order chi connectivity index (χ0) is 34.3. The van der Waals surface area contributed by atoms with Crippen LogP contribution in [0.2, 0.25) is 0 Å². The lowest BCUT2D eigenvalue weighted by atomic mass is 10.0. The Bertz CT molecular complexity index is 1920. The summed E-state index contributed by atoms with van der Waals surface area (Å²) in [5, 5.41) is 11.5. The van der Waals surface area contributed by atoms with Gasteiger partial charge in [-0.3, -0.25) is 34.2 Å². The molecule has 1 aromatic heterocycles. The summed E-state index contributed by atoms with van der Waals surface area (Å²) in [6.45, 7) is 0.519. The molecule has 49 heavy (non-hydrogen) atoms. The lowest BCUT2D eigenvalue weighted by Crippen LogP contribution is -2.54. The Hall–Kier alpha value is -6.06. The number of ether oxygens (including phenoxy) is 3. The summed E-state index contributed by atoms with van der Waals surface area (Å²) in [6.07, 6.45) is 1.95. The van der Waals surface area contributed by atoms with Crippen LogP contribution in [0.5, 0.6) is 5.75 Å². The van der Waals surface area contributed by atoms with Crippen LogP contribution in [0.1, 0.15) is 33.6 Å². The second-order valence-corrected chi connectivity index (χ2v) is 11.2. The molecule has 1 saturated heterocycles. The van der Waals surface area contributed by atoms with Crippen molar-refractivity contribution in [1.82, 2.24) is 15.2 Å². The van der Waals surface area contributed by atoms with Crippen molar-refractivity contribution < 1.29 is 43.0 Å². The molecule has 15 nitrogen and oxygen atoms in total. The first kappa shape index (κ1) is 32.9. The minimum absolute atomic E-state index is 0.0428. The normalized spacial score (nSPS) is 15.6. The second-order valence-electron chi connectivity index (χ2n) is 11.2. The Kier molecular flexibility index (Phi) is 9.92. The fourth-order valence-electron chi connectivity index (χ4n) is 5.40. The van der Waals surface area contributed by atoms with Crippen LogP contribution >= 0.6 is 0 Å². The van der Waals surface area contributed by atoms with Crippen molar-refractivity contribution in [2.45, 2.75) is 18.9 Å². The quantitative estimate of drug-likeness (QED) is 0.105. The molecule has 2 aliphatic rings. The van der Waals surface area contributed by atoms with Gasteiger partial charge in [-0.1, -0.05) is 6.07 Å². The Labute approximate surface area is 279 Å². The van der Waals surface area contributed by atoms with Crippen LogP contribution < -0.4 is 26.0 Å². The largest absolute Gasteiger partial charge is 0.491 e. The number of amides is 7. The monoisotopic (exact) mass is 668 g/mol. The van der Waals surface area contributed by atoms with Crippen molar-refractivity contribution in [2.24, 2.45) is 0 Å². The first-order valence-electron chi connectivity index (χ1n) is 15.4. The van der Waals surface area contributed by atoms with Crippen molar-refractivity contribution in [1.29, 1.82) is 0 Å². The van der Waals surface area contributed by atoms with Crippen molar-refractivity contribution in [3.63, 3.8) is 0 Å². The maximum Gasteiger partial charge on any atom is 0.323 e. The number of hydrogen-bond donors (Lipinski definition) is 5. The van der Waals surface area contributed by atoms with Crippen LogP contribution in [0.25, 0.3) is 10.9 Å². The van der Waals surface area contributed by atoms with E-state index in [1.807, 2.05) is 30.5 Å². The van der Waals surface area contributed by atoms with Gasteiger partial charge in [0.05, 0.1) is 30.9 Å². The number of nitrogens with zero attached hydrogens (tertiary/aromatic N) is 1. The number of nitrogens with one attached hydrogen (secondary N) is 5. The summed E-state index contributed by atoms with van der Waals surface area (Å²) in [5.41, 5.74) is 2.92. The number of aromatic nitrogens is 1. The molecule has 252 valence electrons. The van der Waals surface area contributed by atoms with Gasteiger partial charge in [0.15, 0.2) is 0 Å². The minimum atomic E-state index is -1.04. The van der Waals surface area contributed by atoms with Gasteiger partial charge in [0, 0.05) is 35.2 Å². The zero-order valence-electron chi connectivity index (χ0n) is 26.1. The number of piperidine rings is 1. The van der Waals surface area contributed by atoms with Crippen molar-refractivity contribution >= 4 is 63.5 Å². The number of carbonyl (C=O) groups is 6. The van der Waals surface area contributed by atoms with E-state index in [4.69, 9.17) is 14.2 Å². The number of benzene rings is 3. The molecule has 7 amide bonds. The van der Waals surface area contributed by atoms with Crippen LogP contribution in [0.15, 0.2) is 72.9 Å². The highest BCUT2D eigenvalue weighted by atomic mass is 16.5. The molecule has 5 N–H and O–H groups in total. The molecule has 2 aliphatic heterocycles. The van der Waals surface area contributed by atoms with Gasteiger partial charge in [-0.2, -0.15) is 0 Å². The summed E-state index contributed by atoms with van der Waals surface area (Å²) in [5.74, 6) is -2.33. The average Bonchev–Trinajstić information content (AvgIpc) is 3.64. The number of fused-ring (bicyclic) bond motifs is 2. The Morgan fingerprint density at radius 3 is 2.24 bits per heavy atom. The first-order valence-corrected chi connectivity index (χ1v) is 15.4. The van der Waals surface area contributed by atoms with Crippen molar-refractivity contribution in [2.75, 3.05) is 49.0 Å². The number of carbonyl (C=O) groups excluding carboxylic acids is 6. The Morgan fingerprint density at radius 2 is 1.45 bits per heavy atom. The highest BCUT2D eigenvalue weighted by Gasteiger charge is 2.44. The van der Waals surface area contributed by atoms with Gasteiger partial charge in [0.2, 0.25) is 17.7 Å². The molecule has 1 atom stereocenters. The number of hydrogen-bond acceptors (Lipinski definition) is 9. The summed E-state index contributed by atoms with van der Waals surface area (Å²) in [4.78, 5) is 78.0. The molecule has 6 rings (SSSR count). The van der Waals surface area contributed by atoms with Gasteiger partial charge < -0.3 is 35.1 Å². The average molecular weight is 669 g/mol. The summed E-state index contributed by atoms with van der Waals surface area (Å²) in [7, 11) is 0. The molecular formula is C34H32N6O9. The number of imide groups is 2. The molecule has 0 bridgehead atoms. The van der Waals surface area contributed by atoms with E-state index in [-0.39, 0.29) is 62.9 Å². The van der Waals surface area contributed by atoms with E-state index in [0.717, 1.165) is 15.8 Å². The van der Waals surface area contributed by atoms with Gasteiger partial charge in [-0.25, -0.2) is 4.79 Å². The zero-order valence-corrected chi connectivity index (χ0v) is 26.1. The van der Waals surface area contributed by atoms with Crippen LogP contribution in [0.3, 0.4) is 0 Å². The lowest BCUT2D eigenvalue weighted by molar-refractivity contribution is -0.136. The van der Waals surface area contributed by atoms with Crippen LogP contribution in [0, 0.1) is 0 Å². The van der Waals surface area contributed by atoms with E-state index < -0.39 is 35.7 Å². The molecule has 0 spiro atoms. The van der Waals surface area contributed by atoms with Gasteiger partial charge in [0.25, 0.3) is 11.8 Å². The molecule has 0 saturated carbocycles. The van der Waals surface area contributed by atoms with Crippen molar-refractivity contribution in [3.8, 4) is 5.75 Å². The van der Waals surface area contributed by atoms with Gasteiger partial charge in [0.1, 0.15) is 25.0 Å². The van der Waals surface area contributed by atoms with Crippen LogP contribution in [-0.4, -0.2) is 84.5 Å². The van der Waals surface area contributed by atoms with E-state index in [1.165, 1.54) is 12.1 Å². The molecule has 0 radical (unpaired) electrons. The molecule has 0 aliphatic carbocycles. The molecular weight excluding hydrogens is 636 g/mol. The number of urea groups is 1. The third-order valence-corrected chi connectivity index (χ3v) is 7.75. The number of aromatic amines is 1. The third kappa shape index (κ3) is 7.91. The highest BCUT2D eigenvalue weighted by Crippen LogP contribution is 2.30. The van der Waals surface area contributed by atoms with Gasteiger partial charge in [-0.15, -0.1) is 0 Å².